The summed E-state index contributed by atoms with van der Waals surface area (Å²) in [6, 6.07) is 6.32. The number of anilines is 2. The third kappa shape index (κ3) is 2.94. The van der Waals surface area contributed by atoms with Crippen LogP contribution in [0.5, 0.6) is 0 Å². The van der Waals surface area contributed by atoms with Gasteiger partial charge in [-0.05, 0) is 35.7 Å². The molecular weight excluding hydrogens is 283 g/mol. The van der Waals surface area contributed by atoms with E-state index in [4.69, 9.17) is 5.11 Å². The fraction of sp³-hybridized carbons (Fsp3) is 0.0769. The average molecular weight is 294 g/mol. The lowest BCUT2D eigenvalue weighted by Gasteiger charge is -2.17. The molecule has 2 aromatic rings. The normalized spacial score (nSPS) is 10.1. The number of rotatable bonds is 3. The highest BCUT2D eigenvalue weighted by molar-refractivity contribution is 7.14. The van der Waals surface area contributed by atoms with Crippen molar-refractivity contribution in [3.05, 3.63) is 47.1 Å². The van der Waals surface area contributed by atoms with E-state index in [-0.39, 0.29) is 10.6 Å². The Balaban J connectivity index is 2.13. The number of halogens is 1. The summed E-state index contributed by atoms with van der Waals surface area (Å²) in [5, 5.41) is 13.3. The van der Waals surface area contributed by atoms with Crippen LogP contribution in [0.4, 0.5) is 19.9 Å². The number of hydrogen-bond acceptors (Lipinski definition) is 3. The molecule has 0 aliphatic carbocycles. The lowest BCUT2D eigenvalue weighted by molar-refractivity contribution is 0.0698. The van der Waals surface area contributed by atoms with Gasteiger partial charge in [-0.3, -0.25) is 10.2 Å². The summed E-state index contributed by atoms with van der Waals surface area (Å²) in [5.74, 6) is -1.50. The number of nitrogens with zero attached hydrogens (tertiary/aromatic N) is 1. The van der Waals surface area contributed by atoms with Crippen LogP contribution >= 0.6 is 11.3 Å². The zero-order valence-electron chi connectivity index (χ0n) is 10.5. The van der Waals surface area contributed by atoms with Crippen molar-refractivity contribution >= 4 is 34.0 Å². The molecule has 104 valence electrons. The van der Waals surface area contributed by atoms with Gasteiger partial charge in [0, 0.05) is 12.7 Å². The first kappa shape index (κ1) is 14.0. The van der Waals surface area contributed by atoms with Crippen LogP contribution in [0.25, 0.3) is 0 Å². The van der Waals surface area contributed by atoms with Crippen molar-refractivity contribution in [3.63, 3.8) is 0 Å². The molecule has 1 aromatic carbocycles. The van der Waals surface area contributed by atoms with Crippen LogP contribution in [0.1, 0.15) is 10.4 Å². The summed E-state index contributed by atoms with van der Waals surface area (Å²) in [6.07, 6.45) is 0. The highest BCUT2D eigenvalue weighted by atomic mass is 32.1. The minimum absolute atomic E-state index is 0.0378. The van der Waals surface area contributed by atoms with E-state index in [1.807, 2.05) is 0 Å². The molecule has 0 atom stereocenters. The molecule has 1 heterocycles. The zero-order valence-corrected chi connectivity index (χ0v) is 11.3. The largest absolute Gasteiger partial charge is 0.478 e. The van der Waals surface area contributed by atoms with E-state index < -0.39 is 17.8 Å². The summed E-state index contributed by atoms with van der Waals surface area (Å²) in [6.45, 7) is 0. The number of aromatic carboxylic acids is 1. The van der Waals surface area contributed by atoms with Crippen molar-refractivity contribution in [1.82, 2.24) is 0 Å². The summed E-state index contributed by atoms with van der Waals surface area (Å²) < 4.78 is 12.8. The van der Waals surface area contributed by atoms with Gasteiger partial charge in [-0.2, -0.15) is 0 Å². The molecule has 0 saturated carbocycles. The van der Waals surface area contributed by atoms with Crippen LogP contribution in [0.3, 0.4) is 0 Å². The quantitative estimate of drug-likeness (QED) is 0.913. The number of benzene rings is 1. The number of carboxylic acid groups (broad SMARTS) is 1. The van der Waals surface area contributed by atoms with E-state index in [1.54, 1.807) is 5.38 Å². The van der Waals surface area contributed by atoms with Gasteiger partial charge >= 0.3 is 12.0 Å². The predicted molar refractivity (Wildman–Crippen MR) is 75.1 cm³/mol. The van der Waals surface area contributed by atoms with Crippen molar-refractivity contribution in [2.24, 2.45) is 0 Å². The molecule has 0 aliphatic rings. The average Bonchev–Trinajstić information content (AvgIpc) is 2.87. The van der Waals surface area contributed by atoms with E-state index in [0.717, 1.165) is 11.3 Å². The van der Waals surface area contributed by atoms with Gasteiger partial charge in [-0.15, -0.1) is 11.3 Å². The molecule has 0 aliphatic heterocycles. The van der Waals surface area contributed by atoms with E-state index in [1.165, 1.54) is 42.3 Å². The van der Waals surface area contributed by atoms with Crippen LogP contribution in [0, 0.1) is 5.82 Å². The minimum Gasteiger partial charge on any atom is -0.478 e. The van der Waals surface area contributed by atoms with E-state index in [9.17, 15) is 14.0 Å². The third-order valence-electron chi connectivity index (χ3n) is 2.63. The number of nitrogens with one attached hydrogen (secondary N) is 1. The first-order valence-electron chi connectivity index (χ1n) is 5.60. The summed E-state index contributed by atoms with van der Waals surface area (Å²) >= 11 is 1.12. The van der Waals surface area contributed by atoms with Crippen LogP contribution in [-0.4, -0.2) is 24.2 Å². The highest BCUT2D eigenvalue weighted by Crippen LogP contribution is 2.24. The van der Waals surface area contributed by atoms with Crippen molar-refractivity contribution in [2.75, 3.05) is 17.3 Å². The fourth-order valence-electron chi connectivity index (χ4n) is 1.54. The van der Waals surface area contributed by atoms with Gasteiger partial charge in [0.1, 0.15) is 10.8 Å². The number of hydrogen-bond donors (Lipinski definition) is 2. The Morgan fingerprint density at radius 2 is 1.90 bits per heavy atom. The Kier molecular flexibility index (Phi) is 3.99. The van der Waals surface area contributed by atoms with E-state index in [2.05, 4.69) is 5.32 Å². The second-order valence-electron chi connectivity index (χ2n) is 3.93. The third-order valence-corrected chi connectivity index (χ3v) is 3.46. The predicted octanol–water partition coefficient (Wildman–Crippen LogP) is 3.25. The fourth-order valence-corrected chi connectivity index (χ4v) is 2.31. The summed E-state index contributed by atoms with van der Waals surface area (Å²) in [7, 11) is 1.51. The highest BCUT2D eigenvalue weighted by Gasteiger charge is 2.17. The summed E-state index contributed by atoms with van der Waals surface area (Å²) in [4.78, 5) is 24.2. The lowest BCUT2D eigenvalue weighted by atomic mass is 10.3. The number of carbonyl (C=O) groups is 2. The number of urea groups is 1. The molecule has 0 bridgehead atoms. The molecule has 20 heavy (non-hydrogen) atoms. The van der Waals surface area contributed by atoms with E-state index in [0.29, 0.717) is 5.69 Å². The molecule has 2 rings (SSSR count). The number of carbonyl (C=O) groups excluding carboxylic acids is 1. The number of amides is 2. The SMILES string of the molecule is CN(C(=O)Nc1sccc1C(=O)O)c1ccc(F)cc1. The first-order chi connectivity index (χ1) is 9.49. The molecule has 0 radical (unpaired) electrons. The van der Waals surface area contributed by atoms with Gasteiger partial charge < -0.3 is 5.11 Å². The summed E-state index contributed by atoms with van der Waals surface area (Å²) in [5.41, 5.74) is 0.535. The molecule has 7 heteroatoms. The smallest absolute Gasteiger partial charge is 0.338 e. The van der Waals surface area contributed by atoms with Crippen LogP contribution < -0.4 is 10.2 Å². The topological polar surface area (TPSA) is 69.6 Å². The zero-order chi connectivity index (χ0) is 14.7. The van der Waals surface area contributed by atoms with Gasteiger partial charge in [0.25, 0.3) is 0 Å². The molecule has 0 spiro atoms. The van der Waals surface area contributed by atoms with Crippen molar-refractivity contribution in [1.29, 1.82) is 0 Å². The Labute approximate surface area is 118 Å². The minimum atomic E-state index is -1.11. The van der Waals surface area contributed by atoms with Crippen molar-refractivity contribution in [2.45, 2.75) is 0 Å². The number of carboxylic acids is 1. The Hall–Kier alpha value is -2.41. The second kappa shape index (κ2) is 5.70. The Morgan fingerprint density at radius 3 is 2.50 bits per heavy atom. The molecule has 0 fully saturated rings. The van der Waals surface area contributed by atoms with Gasteiger partial charge in [0.15, 0.2) is 0 Å². The first-order valence-corrected chi connectivity index (χ1v) is 6.48. The number of thiophene rings is 1. The maximum atomic E-state index is 12.8. The van der Waals surface area contributed by atoms with Crippen molar-refractivity contribution < 1.29 is 19.1 Å². The molecule has 1 aromatic heterocycles. The maximum Gasteiger partial charge on any atom is 0.338 e. The molecular formula is C13H11FN2O3S. The van der Waals surface area contributed by atoms with Crippen LogP contribution in [0.15, 0.2) is 35.7 Å². The second-order valence-corrected chi connectivity index (χ2v) is 4.85. The lowest BCUT2D eigenvalue weighted by Crippen LogP contribution is -2.31. The molecule has 0 unspecified atom stereocenters. The molecule has 5 nitrogen and oxygen atoms in total. The van der Waals surface area contributed by atoms with E-state index >= 15 is 0 Å². The van der Waals surface area contributed by atoms with Crippen LogP contribution in [0.2, 0.25) is 0 Å². The maximum absolute atomic E-state index is 12.8. The molecule has 2 amide bonds. The van der Waals surface area contributed by atoms with Gasteiger partial charge in [-0.25, -0.2) is 14.0 Å². The van der Waals surface area contributed by atoms with Crippen molar-refractivity contribution in [3.8, 4) is 0 Å². The Bertz CT molecular complexity index is 639. The van der Waals surface area contributed by atoms with Gasteiger partial charge in [-0.1, -0.05) is 0 Å². The monoisotopic (exact) mass is 294 g/mol. The van der Waals surface area contributed by atoms with Gasteiger partial charge in [0.05, 0.1) is 5.56 Å². The Morgan fingerprint density at radius 1 is 1.25 bits per heavy atom. The standard InChI is InChI=1S/C13H11FN2O3S/c1-16(9-4-2-8(14)3-5-9)13(19)15-11-10(12(17)18)6-7-20-11/h2-7H,1H3,(H,15,19)(H,17,18). The van der Waals surface area contributed by atoms with Crippen LogP contribution in [-0.2, 0) is 0 Å². The van der Waals surface area contributed by atoms with Gasteiger partial charge in [0.2, 0.25) is 0 Å². The molecule has 2 N–H and O–H groups in total. The molecule has 0 saturated heterocycles.